The van der Waals surface area contributed by atoms with Gasteiger partial charge in [0.25, 0.3) is 5.69 Å². The zero-order chi connectivity index (χ0) is 15.8. The Morgan fingerprint density at radius 3 is 2.50 bits per heavy atom. The number of nitro benzene ring substituents is 1. The summed E-state index contributed by atoms with van der Waals surface area (Å²) in [6.07, 6.45) is -0.346. The number of rotatable bonds is 2. The molecule has 0 spiro atoms. The second-order valence-electron chi connectivity index (χ2n) is 4.44. The number of amides is 1. The van der Waals surface area contributed by atoms with Gasteiger partial charge in [-0.05, 0) is 17.7 Å². The van der Waals surface area contributed by atoms with Crippen LogP contribution < -0.4 is 0 Å². The van der Waals surface area contributed by atoms with Crippen LogP contribution in [0.4, 0.5) is 10.5 Å². The number of nitro groups is 1. The van der Waals surface area contributed by atoms with Gasteiger partial charge in [0.1, 0.15) is 6.10 Å². The van der Waals surface area contributed by atoms with Gasteiger partial charge >= 0.3 is 6.09 Å². The van der Waals surface area contributed by atoms with Crippen molar-refractivity contribution in [2.45, 2.75) is 19.4 Å². The molecule has 1 fully saturated rings. The first-order valence-electron chi connectivity index (χ1n) is 6.62. The summed E-state index contributed by atoms with van der Waals surface area (Å²) < 4.78 is 5.47. The van der Waals surface area contributed by atoms with Crippen LogP contribution in [0.15, 0.2) is 24.3 Å². The molecule has 0 saturated carbocycles. The van der Waals surface area contributed by atoms with Crippen LogP contribution in [0.25, 0.3) is 0 Å². The first-order valence-corrected chi connectivity index (χ1v) is 6.62. The molecule has 1 aliphatic rings. The van der Waals surface area contributed by atoms with Gasteiger partial charge in [-0.2, -0.15) is 6.42 Å². The summed E-state index contributed by atoms with van der Waals surface area (Å²) in [6, 6.07) is 5.96. The van der Waals surface area contributed by atoms with Crippen molar-refractivity contribution in [2.24, 2.45) is 0 Å². The van der Waals surface area contributed by atoms with Crippen molar-refractivity contribution in [3.63, 3.8) is 0 Å². The van der Waals surface area contributed by atoms with E-state index < -0.39 is 11.0 Å². The fourth-order valence-corrected chi connectivity index (χ4v) is 1.84. The number of carboxylic acid groups (broad SMARTS) is 1. The third-order valence-electron chi connectivity index (χ3n) is 2.81. The monoisotopic (exact) mass is 351 g/mol. The molecule has 22 heavy (non-hydrogen) atoms. The van der Waals surface area contributed by atoms with Gasteiger partial charge in [-0.15, -0.1) is 0 Å². The first kappa shape index (κ1) is 20.4. The summed E-state index contributed by atoms with van der Waals surface area (Å²) in [6.45, 7) is 6.42. The second kappa shape index (κ2) is 10.2. The van der Waals surface area contributed by atoms with Gasteiger partial charge in [0.05, 0.1) is 18.1 Å². The zero-order valence-electron chi connectivity index (χ0n) is 12.3. The molecule has 8 heteroatoms. The van der Waals surface area contributed by atoms with Gasteiger partial charge in [-0.1, -0.05) is 6.92 Å². The summed E-state index contributed by atoms with van der Waals surface area (Å²) in [5, 5.41) is 19.4. The second-order valence-corrected chi connectivity index (χ2v) is 4.44. The SMILES string of the molecule is O=C(O)N1CCOC(c2ccc([N+](=O)[O-])cc2)C1.[CH2-]CC.[Fe]. The van der Waals surface area contributed by atoms with Crippen LogP contribution in [-0.4, -0.2) is 40.7 Å². The van der Waals surface area contributed by atoms with E-state index in [0.29, 0.717) is 13.2 Å². The molecule has 0 aromatic heterocycles. The summed E-state index contributed by atoms with van der Waals surface area (Å²) >= 11 is 0. The fourth-order valence-electron chi connectivity index (χ4n) is 1.84. The fraction of sp³-hybridized carbons (Fsp3) is 0.429. The Balaban J connectivity index is 0.00000102. The average Bonchev–Trinajstić information content (AvgIpc) is 2.48. The van der Waals surface area contributed by atoms with Crippen LogP contribution in [-0.2, 0) is 21.8 Å². The normalized spacial score (nSPS) is 16.8. The summed E-state index contributed by atoms with van der Waals surface area (Å²) in [4.78, 5) is 22.2. The number of morpholine rings is 1. The smallest absolute Gasteiger partial charge is 0.407 e. The Bertz CT molecular complexity index is 481. The van der Waals surface area contributed by atoms with Crippen molar-refractivity contribution in [1.29, 1.82) is 0 Å². The van der Waals surface area contributed by atoms with Crippen LogP contribution in [0, 0.1) is 17.0 Å². The Morgan fingerprint density at radius 1 is 1.50 bits per heavy atom. The Hall–Kier alpha value is -1.63. The van der Waals surface area contributed by atoms with E-state index in [9.17, 15) is 14.9 Å². The third-order valence-corrected chi connectivity index (χ3v) is 2.81. The van der Waals surface area contributed by atoms with Crippen LogP contribution in [0.1, 0.15) is 25.0 Å². The molecule has 1 aliphatic heterocycles. The minimum atomic E-state index is -0.981. The van der Waals surface area contributed by atoms with E-state index >= 15 is 0 Å². The number of ether oxygens (including phenoxy) is 1. The molecule has 1 aromatic carbocycles. The minimum absolute atomic E-state index is 0. The van der Waals surface area contributed by atoms with Gasteiger partial charge < -0.3 is 21.7 Å². The van der Waals surface area contributed by atoms with E-state index in [4.69, 9.17) is 9.84 Å². The average molecular weight is 351 g/mol. The molecule has 0 bridgehead atoms. The number of hydrogen-bond donors (Lipinski definition) is 1. The molecular formula is C14H19FeN2O5-. The number of carbonyl (C=O) groups is 1. The van der Waals surface area contributed by atoms with Gasteiger partial charge in [-0.3, -0.25) is 10.1 Å². The molecule has 0 aliphatic carbocycles. The molecule has 124 valence electrons. The maximum atomic E-state index is 10.9. The molecule has 1 aromatic rings. The van der Waals surface area contributed by atoms with Gasteiger partial charge in [0, 0.05) is 35.7 Å². The van der Waals surface area contributed by atoms with E-state index in [1.807, 2.05) is 6.92 Å². The number of hydrogen-bond acceptors (Lipinski definition) is 4. The standard InChI is InChI=1S/C11H12N2O5.C3H7.Fe/c14-11(15)12-5-6-18-10(7-12)8-1-3-9(4-2-8)13(16)17;1-3-2;/h1-4,10H,5-7H2,(H,14,15);1,3H2,2H3;/q;-1;. The molecule has 1 atom stereocenters. The number of non-ortho nitro benzene ring substituents is 1. The van der Waals surface area contributed by atoms with Crippen molar-refractivity contribution in [3.05, 3.63) is 46.9 Å². The van der Waals surface area contributed by atoms with Crippen molar-refractivity contribution >= 4 is 11.8 Å². The van der Waals surface area contributed by atoms with Crippen molar-refractivity contribution in [3.8, 4) is 0 Å². The van der Waals surface area contributed by atoms with Gasteiger partial charge in [0.15, 0.2) is 0 Å². The maximum Gasteiger partial charge on any atom is 0.407 e. The third kappa shape index (κ3) is 6.01. The summed E-state index contributed by atoms with van der Waals surface area (Å²) in [7, 11) is 0. The molecule has 1 saturated heterocycles. The van der Waals surface area contributed by atoms with E-state index in [1.54, 1.807) is 12.1 Å². The van der Waals surface area contributed by atoms with Crippen molar-refractivity contribution in [1.82, 2.24) is 4.90 Å². The van der Waals surface area contributed by atoms with Crippen LogP contribution in [0.5, 0.6) is 0 Å². The predicted molar refractivity (Wildman–Crippen MR) is 77.0 cm³/mol. The number of nitrogens with zero attached hydrogens (tertiary/aromatic N) is 2. The topological polar surface area (TPSA) is 92.9 Å². The maximum absolute atomic E-state index is 10.9. The quantitative estimate of drug-likeness (QED) is 0.383. The predicted octanol–water partition coefficient (Wildman–Crippen LogP) is 2.87. The molecule has 1 N–H and O–H groups in total. The van der Waals surface area contributed by atoms with Crippen LogP contribution in [0.2, 0.25) is 0 Å². The van der Waals surface area contributed by atoms with E-state index in [2.05, 4.69) is 6.92 Å². The molecular weight excluding hydrogens is 332 g/mol. The Morgan fingerprint density at radius 2 is 2.05 bits per heavy atom. The molecule has 0 radical (unpaired) electrons. The Labute approximate surface area is 139 Å². The first-order chi connectivity index (χ1) is 9.99. The number of benzene rings is 1. The van der Waals surface area contributed by atoms with Crippen molar-refractivity contribution in [2.75, 3.05) is 19.7 Å². The largest absolute Gasteiger partial charge is 0.465 e. The van der Waals surface area contributed by atoms with E-state index in [1.165, 1.54) is 17.0 Å². The van der Waals surface area contributed by atoms with Gasteiger partial charge in [0.2, 0.25) is 0 Å². The molecule has 1 unspecified atom stereocenters. The minimum Gasteiger partial charge on any atom is -0.465 e. The van der Waals surface area contributed by atoms with Crippen LogP contribution in [0.3, 0.4) is 0 Å². The Kier molecular flexibility index (Phi) is 9.40. The van der Waals surface area contributed by atoms with E-state index in [0.717, 1.165) is 12.0 Å². The molecule has 1 heterocycles. The van der Waals surface area contributed by atoms with Crippen molar-refractivity contribution < 1.29 is 36.6 Å². The van der Waals surface area contributed by atoms with E-state index in [-0.39, 0.29) is 35.4 Å². The molecule has 7 nitrogen and oxygen atoms in total. The molecule has 1 amide bonds. The molecule has 2 rings (SSSR count). The zero-order valence-corrected chi connectivity index (χ0v) is 13.4. The van der Waals surface area contributed by atoms with Crippen LogP contribution >= 0.6 is 0 Å². The summed E-state index contributed by atoms with van der Waals surface area (Å²) in [5.74, 6) is 0. The van der Waals surface area contributed by atoms with Gasteiger partial charge in [-0.25, -0.2) is 4.79 Å². The summed E-state index contributed by atoms with van der Waals surface area (Å²) in [5.41, 5.74) is 0.746.